The minimum atomic E-state index is 0.490. The van der Waals surface area contributed by atoms with E-state index >= 15 is 0 Å². The first kappa shape index (κ1) is 18.7. The highest BCUT2D eigenvalue weighted by Crippen LogP contribution is 2.25. The van der Waals surface area contributed by atoms with Crippen LogP contribution in [0.2, 0.25) is 10.2 Å². The molecule has 0 aromatic carbocycles. The van der Waals surface area contributed by atoms with Crippen molar-refractivity contribution in [1.29, 1.82) is 0 Å². The standard InChI is InChI=1S/C16H23Cl2N5O/c1-5-19-16(20-7-6-13-10(2)22-24-11(13)3)21-9-12-8-14(17)15(18)23(12)4/h8H,5-7,9H2,1-4H3,(H2,19,20,21). The van der Waals surface area contributed by atoms with E-state index < -0.39 is 0 Å². The molecule has 8 heteroatoms. The summed E-state index contributed by atoms with van der Waals surface area (Å²) in [7, 11) is 1.87. The molecule has 0 spiro atoms. The fourth-order valence-electron chi connectivity index (χ4n) is 2.41. The molecular weight excluding hydrogens is 349 g/mol. The molecule has 0 bridgehead atoms. The molecule has 0 fully saturated rings. The van der Waals surface area contributed by atoms with E-state index in [1.54, 1.807) is 0 Å². The van der Waals surface area contributed by atoms with Crippen molar-refractivity contribution >= 4 is 29.2 Å². The van der Waals surface area contributed by atoms with Gasteiger partial charge in [-0.3, -0.25) is 0 Å². The Balaban J connectivity index is 1.97. The summed E-state index contributed by atoms with van der Waals surface area (Å²) in [5, 5.41) is 11.6. The van der Waals surface area contributed by atoms with Crippen molar-refractivity contribution in [2.24, 2.45) is 12.0 Å². The molecule has 132 valence electrons. The molecule has 24 heavy (non-hydrogen) atoms. The summed E-state index contributed by atoms with van der Waals surface area (Å²) in [5.41, 5.74) is 3.02. The van der Waals surface area contributed by atoms with Crippen LogP contribution >= 0.6 is 23.2 Å². The average molecular weight is 372 g/mol. The first-order valence-electron chi connectivity index (χ1n) is 7.87. The first-order valence-corrected chi connectivity index (χ1v) is 8.63. The number of rotatable bonds is 6. The number of nitrogens with zero attached hydrogens (tertiary/aromatic N) is 3. The van der Waals surface area contributed by atoms with E-state index in [2.05, 4.69) is 20.8 Å². The van der Waals surface area contributed by atoms with Gasteiger partial charge in [0.15, 0.2) is 5.96 Å². The summed E-state index contributed by atoms with van der Waals surface area (Å²) in [6.07, 6.45) is 0.827. The number of aromatic nitrogens is 2. The smallest absolute Gasteiger partial charge is 0.191 e. The molecule has 2 heterocycles. The van der Waals surface area contributed by atoms with E-state index in [1.165, 1.54) is 0 Å². The molecule has 0 radical (unpaired) electrons. The van der Waals surface area contributed by atoms with Crippen LogP contribution in [0.25, 0.3) is 0 Å². The number of halogens is 2. The largest absolute Gasteiger partial charge is 0.361 e. The molecule has 0 unspecified atom stereocenters. The average Bonchev–Trinajstić information content (AvgIpc) is 3.00. The highest BCUT2D eigenvalue weighted by atomic mass is 35.5. The van der Waals surface area contributed by atoms with Gasteiger partial charge >= 0.3 is 0 Å². The van der Waals surface area contributed by atoms with Gasteiger partial charge in [0, 0.05) is 31.4 Å². The van der Waals surface area contributed by atoms with E-state index in [1.807, 2.05) is 38.5 Å². The van der Waals surface area contributed by atoms with Gasteiger partial charge in [-0.1, -0.05) is 28.4 Å². The van der Waals surface area contributed by atoms with Gasteiger partial charge < -0.3 is 19.7 Å². The second-order valence-electron chi connectivity index (χ2n) is 5.51. The number of guanidine groups is 1. The minimum Gasteiger partial charge on any atom is -0.361 e. The lowest BCUT2D eigenvalue weighted by atomic mass is 10.1. The number of hydrogen-bond acceptors (Lipinski definition) is 3. The Morgan fingerprint density at radius 3 is 2.62 bits per heavy atom. The van der Waals surface area contributed by atoms with Crippen molar-refractivity contribution in [3.63, 3.8) is 0 Å². The fraction of sp³-hybridized carbons (Fsp3) is 0.500. The van der Waals surface area contributed by atoms with Crippen LogP contribution in [0.3, 0.4) is 0 Å². The Bertz CT molecular complexity index is 701. The highest BCUT2D eigenvalue weighted by Gasteiger charge is 2.10. The molecule has 0 amide bonds. The lowest BCUT2D eigenvalue weighted by Gasteiger charge is -2.11. The monoisotopic (exact) mass is 371 g/mol. The molecule has 2 aromatic heterocycles. The van der Waals surface area contributed by atoms with Gasteiger partial charge in [0.2, 0.25) is 0 Å². The van der Waals surface area contributed by atoms with E-state index in [0.717, 1.165) is 48.2 Å². The molecule has 0 atom stereocenters. The summed E-state index contributed by atoms with van der Waals surface area (Å²) >= 11 is 12.1. The zero-order chi connectivity index (χ0) is 17.7. The van der Waals surface area contributed by atoms with E-state index in [9.17, 15) is 0 Å². The SMILES string of the molecule is CCNC(=NCc1cc(Cl)c(Cl)n1C)NCCc1c(C)noc1C. The highest BCUT2D eigenvalue weighted by molar-refractivity contribution is 6.41. The minimum absolute atomic E-state index is 0.490. The van der Waals surface area contributed by atoms with Gasteiger partial charge in [0.1, 0.15) is 10.9 Å². The second kappa shape index (κ2) is 8.44. The van der Waals surface area contributed by atoms with Crippen molar-refractivity contribution in [2.75, 3.05) is 13.1 Å². The molecule has 0 aliphatic rings. The van der Waals surface area contributed by atoms with Crippen molar-refractivity contribution < 1.29 is 4.52 Å². The Morgan fingerprint density at radius 2 is 2.08 bits per heavy atom. The van der Waals surface area contributed by atoms with Crippen molar-refractivity contribution in [1.82, 2.24) is 20.4 Å². The summed E-state index contributed by atoms with van der Waals surface area (Å²) < 4.78 is 7.02. The van der Waals surface area contributed by atoms with Crippen LogP contribution < -0.4 is 10.6 Å². The van der Waals surface area contributed by atoms with Gasteiger partial charge in [-0.05, 0) is 33.3 Å². The van der Waals surface area contributed by atoms with Crippen LogP contribution in [0.15, 0.2) is 15.6 Å². The van der Waals surface area contributed by atoms with Gasteiger partial charge in [0.05, 0.1) is 17.3 Å². The Kier molecular flexibility index (Phi) is 6.57. The van der Waals surface area contributed by atoms with E-state index in [0.29, 0.717) is 16.7 Å². The zero-order valence-corrected chi connectivity index (χ0v) is 15.9. The van der Waals surface area contributed by atoms with E-state index in [-0.39, 0.29) is 0 Å². The molecule has 0 saturated carbocycles. The van der Waals surface area contributed by atoms with Crippen LogP contribution in [0, 0.1) is 13.8 Å². The van der Waals surface area contributed by atoms with Gasteiger partial charge in [0.25, 0.3) is 0 Å². The third-order valence-corrected chi connectivity index (χ3v) is 4.65. The number of aryl methyl sites for hydroxylation is 2. The molecule has 6 nitrogen and oxygen atoms in total. The third kappa shape index (κ3) is 4.45. The van der Waals surface area contributed by atoms with Crippen molar-refractivity contribution in [2.45, 2.75) is 33.7 Å². The summed E-state index contributed by atoms with van der Waals surface area (Å²) in [5.74, 6) is 1.61. The van der Waals surface area contributed by atoms with Crippen LogP contribution in [-0.2, 0) is 20.0 Å². The number of hydrogen-bond donors (Lipinski definition) is 2. The lowest BCUT2D eigenvalue weighted by molar-refractivity contribution is 0.392. The lowest BCUT2D eigenvalue weighted by Crippen LogP contribution is -2.38. The topological polar surface area (TPSA) is 67.4 Å². The fourth-order valence-corrected chi connectivity index (χ4v) is 2.82. The maximum absolute atomic E-state index is 6.08. The summed E-state index contributed by atoms with van der Waals surface area (Å²) in [6.45, 7) is 7.92. The van der Waals surface area contributed by atoms with Crippen LogP contribution in [0.5, 0.6) is 0 Å². The Labute approximate surface area is 152 Å². The molecule has 0 aliphatic heterocycles. The maximum atomic E-state index is 6.08. The van der Waals surface area contributed by atoms with Crippen molar-refractivity contribution in [3.05, 3.63) is 39.0 Å². The molecule has 2 rings (SSSR count). The molecule has 2 N–H and O–H groups in total. The molecule has 0 aliphatic carbocycles. The Morgan fingerprint density at radius 1 is 1.33 bits per heavy atom. The molecule has 2 aromatic rings. The van der Waals surface area contributed by atoms with Crippen molar-refractivity contribution in [3.8, 4) is 0 Å². The predicted octanol–water partition coefficient (Wildman–Crippen LogP) is 3.23. The van der Waals surface area contributed by atoms with Gasteiger partial charge in [-0.15, -0.1) is 0 Å². The summed E-state index contributed by atoms with van der Waals surface area (Å²) in [4.78, 5) is 4.58. The first-order chi connectivity index (χ1) is 11.4. The van der Waals surface area contributed by atoms with Crippen LogP contribution in [0.4, 0.5) is 0 Å². The van der Waals surface area contributed by atoms with Gasteiger partial charge in [-0.25, -0.2) is 4.99 Å². The van der Waals surface area contributed by atoms with Crippen LogP contribution in [0.1, 0.15) is 29.6 Å². The predicted molar refractivity (Wildman–Crippen MR) is 97.9 cm³/mol. The summed E-state index contributed by atoms with van der Waals surface area (Å²) in [6, 6.07) is 1.83. The molecule has 0 saturated heterocycles. The van der Waals surface area contributed by atoms with Gasteiger partial charge in [-0.2, -0.15) is 0 Å². The second-order valence-corrected chi connectivity index (χ2v) is 6.27. The maximum Gasteiger partial charge on any atom is 0.191 e. The third-order valence-electron chi connectivity index (χ3n) is 3.81. The molecular formula is C16H23Cl2N5O. The quantitative estimate of drug-likeness (QED) is 0.604. The number of nitrogens with one attached hydrogen (secondary N) is 2. The van der Waals surface area contributed by atoms with Crippen LogP contribution in [-0.4, -0.2) is 28.8 Å². The normalized spacial score (nSPS) is 11.8. The Hall–Kier alpha value is -1.66. The van der Waals surface area contributed by atoms with E-state index in [4.69, 9.17) is 27.7 Å². The number of aliphatic imine (C=N–C) groups is 1. The zero-order valence-electron chi connectivity index (χ0n) is 14.4.